The minimum absolute atomic E-state index is 0.0716. The van der Waals surface area contributed by atoms with Crippen molar-refractivity contribution in [3.05, 3.63) is 78.0 Å². The fourth-order valence-corrected chi connectivity index (χ4v) is 5.75. The molecule has 3 heterocycles. The number of rotatable bonds is 6. The summed E-state index contributed by atoms with van der Waals surface area (Å²) in [4.78, 5) is 30.8. The molecule has 2 aromatic heterocycles. The van der Waals surface area contributed by atoms with E-state index in [0.717, 1.165) is 17.7 Å². The number of amides is 1. The van der Waals surface area contributed by atoms with Gasteiger partial charge in [0.05, 0.1) is 27.9 Å². The standard InChI is InChI=1S/C31H33F3N6O2S/c1-20(21-9-6-5-7-10-21)36-27-35-14-13-24(37-27)26-25(22-11-8-12-23(19-22)31(32,33)34)38-28(43-26)39-15-17-40(18-16-39)29(41)42-30(2,3)4/h5-14,19-20H,15-18H2,1-4H3,(H,35,36,37). The third-order valence-corrected chi connectivity index (χ3v) is 7.95. The van der Waals surface area contributed by atoms with Crippen LogP contribution in [0.25, 0.3) is 21.8 Å². The van der Waals surface area contributed by atoms with Crippen LogP contribution in [0.15, 0.2) is 66.9 Å². The van der Waals surface area contributed by atoms with Crippen LogP contribution in [0.2, 0.25) is 0 Å². The number of anilines is 2. The van der Waals surface area contributed by atoms with Gasteiger partial charge in [-0.25, -0.2) is 19.7 Å². The number of alkyl halides is 3. The molecule has 1 saturated heterocycles. The van der Waals surface area contributed by atoms with Crippen molar-refractivity contribution in [2.75, 3.05) is 36.4 Å². The van der Waals surface area contributed by atoms with Crippen molar-refractivity contribution in [2.24, 2.45) is 0 Å². The first-order valence-corrected chi connectivity index (χ1v) is 14.8. The predicted molar refractivity (Wildman–Crippen MR) is 162 cm³/mol. The van der Waals surface area contributed by atoms with Crippen LogP contribution in [0.5, 0.6) is 0 Å². The molecule has 2 aromatic carbocycles. The highest BCUT2D eigenvalue weighted by atomic mass is 32.1. The number of benzene rings is 2. The number of nitrogens with zero attached hydrogens (tertiary/aromatic N) is 5. The topological polar surface area (TPSA) is 83.5 Å². The largest absolute Gasteiger partial charge is 0.444 e. The third-order valence-electron chi connectivity index (χ3n) is 6.81. The molecule has 4 aromatic rings. The molecule has 0 bridgehead atoms. The van der Waals surface area contributed by atoms with Crippen LogP contribution in [0, 0.1) is 0 Å². The Balaban J connectivity index is 1.46. The summed E-state index contributed by atoms with van der Waals surface area (Å²) in [5.74, 6) is 0.393. The average molecular weight is 611 g/mol. The second kappa shape index (κ2) is 12.2. The zero-order chi connectivity index (χ0) is 30.8. The Morgan fingerprint density at radius 3 is 2.37 bits per heavy atom. The Morgan fingerprint density at radius 1 is 0.977 bits per heavy atom. The van der Waals surface area contributed by atoms with E-state index in [1.807, 2.05) is 62.9 Å². The first kappa shape index (κ1) is 30.3. The van der Waals surface area contributed by atoms with Gasteiger partial charge < -0.3 is 19.9 Å². The maximum absolute atomic E-state index is 13.6. The highest BCUT2D eigenvalue weighted by Crippen LogP contribution is 2.41. The quantitative estimate of drug-likeness (QED) is 0.242. The molecular weight excluding hydrogens is 577 g/mol. The Labute approximate surface area is 252 Å². The van der Waals surface area contributed by atoms with Gasteiger partial charge in [0.2, 0.25) is 5.95 Å². The molecule has 1 amide bonds. The van der Waals surface area contributed by atoms with Crippen molar-refractivity contribution in [3.63, 3.8) is 0 Å². The minimum Gasteiger partial charge on any atom is -0.444 e. The second-order valence-electron chi connectivity index (χ2n) is 11.2. The molecule has 1 unspecified atom stereocenters. The zero-order valence-electron chi connectivity index (χ0n) is 24.4. The molecule has 1 atom stereocenters. The number of thiazole rings is 1. The molecule has 0 radical (unpaired) electrons. The molecule has 0 aliphatic carbocycles. The number of hydrogen-bond acceptors (Lipinski definition) is 8. The Hall–Kier alpha value is -4.19. The lowest BCUT2D eigenvalue weighted by atomic mass is 10.1. The zero-order valence-corrected chi connectivity index (χ0v) is 25.2. The Morgan fingerprint density at radius 2 is 1.70 bits per heavy atom. The van der Waals surface area contributed by atoms with Gasteiger partial charge in [0.15, 0.2) is 5.13 Å². The van der Waals surface area contributed by atoms with Crippen molar-refractivity contribution < 1.29 is 22.7 Å². The van der Waals surface area contributed by atoms with Crippen molar-refractivity contribution in [3.8, 4) is 21.8 Å². The molecular formula is C31H33F3N6O2S. The molecule has 1 aliphatic rings. The van der Waals surface area contributed by atoms with Gasteiger partial charge in [0.1, 0.15) is 5.60 Å². The monoisotopic (exact) mass is 610 g/mol. The van der Waals surface area contributed by atoms with Gasteiger partial charge >= 0.3 is 12.3 Å². The third kappa shape index (κ3) is 7.42. The van der Waals surface area contributed by atoms with E-state index in [4.69, 9.17) is 14.7 Å². The summed E-state index contributed by atoms with van der Waals surface area (Å²) >= 11 is 1.35. The van der Waals surface area contributed by atoms with E-state index in [9.17, 15) is 18.0 Å². The lowest BCUT2D eigenvalue weighted by Gasteiger charge is -2.35. The van der Waals surface area contributed by atoms with Gasteiger partial charge in [-0.05, 0) is 51.5 Å². The highest BCUT2D eigenvalue weighted by Gasteiger charge is 2.32. The van der Waals surface area contributed by atoms with Gasteiger partial charge in [-0.2, -0.15) is 13.2 Å². The molecule has 12 heteroatoms. The van der Waals surface area contributed by atoms with Gasteiger partial charge in [-0.1, -0.05) is 53.8 Å². The molecule has 0 saturated carbocycles. The number of carbonyl (C=O) groups excluding carboxylic acids is 1. The number of piperazine rings is 1. The maximum atomic E-state index is 13.6. The first-order chi connectivity index (χ1) is 20.4. The second-order valence-corrected chi connectivity index (χ2v) is 12.2. The van der Waals surface area contributed by atoms with Crippen molar-refractivity contribution in [1.82, 2.24) is 19.9 Å². The smallest absolute Gasteiger partial charge is 0.416 e. The summed E-state index contributed by atoms with van der Waals surface area (Å²) in [6.45, 7) is 9.33. The number of halogens is 3. The molecule has 43 heavy (non-hydrogen) atoms. The average Bonchev–Trinajstić information content (AvgIpc) is 3.42. The summed E-state index contributed by atoms with van der Waals surface area (Å²) < 4.78 is 46.4. The molecule has 8 nitrogen and oxygen atoms in total. The van der Waals surface area contributed by atoms with Gasteiger partial charge in [-0.15, -0.1) is 0 Å². The molecule has 5 rings (SSSR count). The lowest BCUT2D eigenvalue weighted by molar-refractivity contribution is -0.137. The van der Waals surface area contributed by atoms with Crippen LogP contribution >= 0.6 is 11.3 Å². The molecule has 0 spiro atoms. The van der Waals surface area contributed by atoms with E-state index in [1.54, 1.807) is 23.2 Å². The van der Waals surface area contributed by atoms with Gasteiger partial charge in [-0.3, -0.25) is 0 Å². The SMILES string of the molecule is CC(Nc1nccc(-c2sc(N3CCN(C(=O)OC(C)(C)C)CC3)nc2-c2cccc(C(F)(F)F)c2)n1)c1ccccc1. The maximum Gasteiger partial charge on any atom is 0.416 e. The van der Waals surface area contributed by atoms with E-state index >= 15 is 0 Å². The first-order valence-electron chi connectivity index (χ1n) is 13.9. The highest BCUT2D eigenvalue weighted by molar-refractivity contribution is 7.19. The van der Waals surface area contributed by atoms with E-state index in [-0.39, 0.29) is 12.1 Å². The van der Waals surface area contributed by atoms with Crippen LogP contribution in [0.3, 0.4) is 0 Å². The molecule has 226 valence electrons. The number of ether oxygens (including phenoxy) is 1. The summed E-state index contributed by atoms with van der Waals surface area (Å²) in [6.07, 6.45) is -3.24. The normalized spacial score (nSPS) is 14.9. The minimum atomic E-state index is -4.49. The fraction of sp³-hybridized carbons (Fsp3) is 0.355. The fourth-order valence-electron chi connectivity index (χ4n) is 4.64. The van der Waals surface area contributed by atoms with E-state index in [1.165, 1.54) is 17.4 Å². The van der Waals surface area contributed by atoms with E-state index in [0.29, 0.717) is 59.1 Å². The predicted octanol–water partition coefficient (Wildman–Crippen LogP) is 7.52. The van der Waals surface area contributed by atoms with Crippen LogP contribution in [0.1, 0.15) is 44.9 Å². The summed E-state index contributed by atoms with van der Waals surface area (Å²) in [7, 11) is 0. The molecule has 1 fully saturated rings. The summed E-state index contributed by atoms with van der Waals surface area (Å²) in [5, 5.41) is 3.95. The van der Waals surface area contributed by atoms with Crippen LogP contribution in [0.4, 0.5) is 29.0 Å². The van der Waals surface area contributed by atoms with Crippen LogP contribution in [-0.2, 0) is 10.9 Å². The van der Waals surface area contributed by atoms with Crippen molar-refractivity contribution in [1.29, 1.82) is 0 Å². The number of hydrogen-bond donors (Lipinski definition) is 1. The van der Waals surface area contributed by atoms with Crippen LogP contribution < -0.4 is 10.2 Å². The number of nitrogens with one attached hydrogen (secondary N) is 1. The van der Waals surface area contributed by atoms with E-state index < -0.39 is 17.3 Å². The Kier molecular flexibility index (Phi) is 8.59. The molecule has 1 aliphatic heterocycles. The number of aromatic nitrogens is 3. The summed E-state index contributed by atoms with van der Waals surface area (Å²) in [5.41, 5.74) is 1.00. The Bertz CT molecular complexity index is 1560. The number of carbonyl (C=O) groups is 1. The summed E-state index contributed by atoms with van der Waals surface area (Å²) in [6, 6.07) is 16.7. The van der Waals surface area contributed by atoms with Crippen molar-refractivity contribution >= 4 is 28.5 Å². The molecule has 1 N–H and O–H groups in total. The lowest BCUT2D eigenvalue weighted by Crippen LogP contribution is -2.50. The van der Waals surface area contributed by atoms with Gasteiger partial charge in [0, 0.05) is 37.9 Å². The van der Waals surface area contributed by atoms with Crippen molar-refractivity contribution in [2.45, 2.75) is 45.5 Å². The van der Waals surface area contributed by atoms with Crippen LogP contribution in [-0.4, -0.2) is 57.7 Å². The van der Waals surface area contributed by atoms with E-state index in [2.05, 4.69) is 10.3 Å². The van der Waals surface area contributed by atoms with Gasteiger partial charge in [0.25, 0.3) is 0 Å².